The lowest BCUT2D eigenvalue weighted by molar-refractivity contribution is 0.0699. The van der Waals surface area contributed by atoms with Gasteiger partial charge in [0.1, 0.15) is 0 Å². The number of nitrogens with two attached hydrogens (primary N) is 1. The number of nitrogens with zero attached hydrogens (tertiary/aromatic N) is 1. The average Bonchev–Trinajstić information content (AvgIpc) is 2.37. The normalized spacial score (nSPS) is 10.7. The first kappa shape index (κ1) is 15.3. The van der Waals surface area contributed by atoms with Crippen molar-refractivity contribution in [1.29, 1.82) is 0 Å². The van der Waals surface area contributed by atoms with Crippen LogP contribution in [0.1, 0.15) is 50.4 Å². The third-order valence-corrected chi connectivity index (χ3v) is 3.18. The first-order valence-electron chi connectivity index (χ1n) is 6.87. The minimum atomic E-state index is -0.157. The molecule has 0 saturated carbocycles. The summed E-state index contributed by atoms with van der Waals surface area (Å²) in [5.41, 5.74) is 6.16. The zero-order valence-corrected chi connectivity index (χ0v) is 12.0. The van der Waals surface area contributed by atoms with E-state index in [4.69, 9.17) is 5.73 Å². The van der Waals surface area contributed by atoms with Gasteiger partial charge < -0.3 is 15.7 Å². The van der Waals surface area contributed by atoms with E-state index in [2.05, 4.69) is 6.92 Å². The van der Waals surface area contributed by atoms with Gasteiger partial charge in [-0.25, -0.2) is 0 Å². The second-order valence-corrected chi connectivity index (χ2v) is 5.04. The van der Waals surface area contributed by atoms with Gasteiger partial charge in [0.25, 0.3) is 5.91 Å². The number of carbonyl (C=O) groups excluding carboxylic acids is 1. The number of aromatic hydroxyl groups is 1. The maximum atomic E-state index is 12.5. The minimum Gasteiger partial charge on any atom is -0.505 e. The van der Waals surface area contributed by atoms with Crippen LogP contribution >= 0.6 is 0 Å². The van der Waals surface area contributed by atoms with Gasteiger partial charge in [-0.05, 0) is 32.4 Å². The highest BCUT2D eigenvalue weighted by atomic mass is 16.3. The van der Waals surface area contributed by atoms with E-state index in [-0.39, 0.29) is 28.9 Å². The predicted molar refractivity (Wildman–Crippen MR) is 78.2 cm³/mol. The average molecular weight is 264 g/mol. The summed E-state index contributed by atoms with van der Waals surface area (Å²) in [5, 5.41) is 9.90. The molecular weight excluding hydrogens is 240 g/mol. The summed E-state index contributed by atoms with van der Waals surface area (Å²) in [6.07, 6.45) is 3.19. The van der Waals surface area contributed by atoms with E-state index >= 15 is 0 Å². The number of amides is 1. The minimum absolute atomic E-state index is 0.102. The van der Waals surface area contributed by atoms with Crippen molar-refractivity contribution in [3.63, 3.8) is 0 Å². The van der Waals surface area contributed by atoms with Crippen LogP contribution in [0.25, 0.3) is 0 Å². The molecule has 4 heteroatoms. The Bertz CT molecular complexity index is 430. The fraction of sp³-hybridized carbons (Fsp3) is 0.533. The van der Waals surface area contributed by atoms with Crippen molar-refractivity contribution in [2.45, 2.75) is 46.1 Å². The number of benzene rings is 1. The molecule has 0 fully saturated rings. The van der Waals surface area contributed by atoms with Gasteiger partial charge in [-0.1, -0.05) is 25.8 Å². The quantitative estimate of drug-likeness (QED) is 0.471. The molecule has 19 heavy (non-hydrogen) atoms. The molecule has 0 aliphatic heterocycles. The Morgan fingerprint density at radius 1 is 1.37 bits per heavy atom. The summed E-state index contributed by atoms with van der Waals surface area (Å²) >= 11 is 0. The Morgan fingerprint density at radius 3 is 2.63 bits per heavy atom. The highest BCUT2D eigenvalue weighted by Gasteiger charge is 2.21. The second kappa shape index (κ2) is 7.02. The molecular formula is C15H24N2O2. The van der Waals surface area contributed by atoms with Gasteiger partial charge in [-0.2, -0.15) is 0 Å². The number of hydrogen-bond donors (Lipinski definition) is 2. The maximum absolute atomic E-state index is 12.5. The van der Waals surface area contributed by atoms with Crippen molar-refractivity contribution in [2.75, 3.05) is 12.3 Å². The number of rotatable bonds is 6. The van der Waals surface area contributed by atoms with Crippen LogP contribution in [0.4, 0.5) is 5.69 Å². The number of hydrogen-bond acceptors (Lipinski definition) is 3. The summed E-state index contributed by atoms with van der Waals surface area (Å²) in [4.78, 5) is 14.2. The van der Waals surface area contributed by atoms with Crippen molar-refractivity contribution in [3.05, 3.63) is 23.8 Å². The van der Waals surface area contributed by atoms with Gasteiger partial charge in [0.15, 0.2) is 5.75 Å². The van der Waals surface area contributed by atoms with E-state index in [0.29, 0.717) is 6.54 Å². The standard InChI is InChI=1S/C15H24N2O2/c1-4-5-6-10-17(11(2)3)15(19)12-8-7-9-13(16)14(12)18/h7-9,11,18H,4-6,10,16H2,1-3H3. The molecule has 1 rings (SSSR count). The zero-order chi connectivity index (χ0) is 14.4. The molecule has 3 N–H and O–H groups in total. The second-order valence-electron chi connectivity index (χ2n) is 5.04. The van der Waals surface area contributed by atoms with Gasteiger partial charge in [0.05, 0.1) is 11.3 Å². The molecule has 0 spiro atoms. The number of phenols is 1. The van der Waals surface area contributed by atoms with Crippen molar-refractivity contribution < 1.29 is 9.90 Å². The van der Waals surface area contributed by atoms with Crippen LogP contribution in [-0.4, -0.2) is 28.5 Å². The smallest absolute Gasteiger partial charge is 0.257 e. The van der Waals surface area contributed by atoms with Crippen LogP contribution in [0.3, 0.4) is 0 Å². The molecule has 0 aliphatic rings. The van der Waals surface area contributed by atoms with Crippen LogP contribution in [-0.2, 0) is 0 Å². The fourth-order valence-electron chi connectivity index (χ4n) is 2.02. The van der Waals surface area contributed by atoms with Crippen LogP contribution in [0.2, 0.25) is 0 Å². The lowest BCUT2D eigenvalue weighted by Crippen LogP contribution is -2.37. The molecule has 1 amide bonds. The van der Waals surface area contributed by atoms with Crippen molar-refractivity contribution in [3.8, 4) is 5.75 Å². The van der Waals surface area contributed by atoms with Gasteiger partial charge >= 0.3 is 0 Å². The molecule has 0 aromatic heterocycles. The molecule has 0 unspecified atom stereocenters. The highest BCUT2D eigenvalue weighted by Crippen LogP contribution is 2.26. The number of phenolic OH excluding ortho intramolecular Hbond substituents is 1. The van der Waals surface area contributed by atoms with Crippen molar-refractivity contribution >= 4 is 11.6 Å². The van der Waals surface area contributed by atoms with E-state index in [1.807, 2.05) is 13.8 Å². The van der Waals surface area contributed by atoms with Crippen LogP contribution in [0, 0.1) is 0 Å². The Labute approximate surface area is 115 Å². The van der Waals surface area contributed by atoms with Gasteiger partial charge in [-0.15, -0.1) is 0 Å². The number of para-hydroxylation sites is 1. The van der Waals surface area contributed by atoms with Crippen LogP contribution in [0.15, 0.2) is 18.2 Å². The van der Waals surface area contributed by atoms with Crippen molar-refractivity contribution in [2.24, 2.45) is 0 Å². The molecule has 0 saturated heterocycles. The summed E-state index contributed by atoms with van der Waals surface area (Å²) in [6.45, 7) is 6.80. The first-order chi connectivity index (χ1) is 8.99. The third-order valence-electron chi connectivity index (χ3n) is 3.18. The van der Waals surface area contributed by atoms with Crippen LogP contribution in [0.5, 0.6) is 5.75 Å². The Morgan fingerprint density at radius 2 is 2.05 bits per heavy atom. The van der Waals surface area contributed by atoms with Crippen LogP contribution < -0.4 is 5.73 Å². The Kier molecular flexibility index (Phi) is 5.67. The van der Waals surface area contributed by atoms with E-state index < -0.39 is 0 Å². The van der Waals surface area contributed by atoms with Gasteiger partial charge in [0.2, 0.25) is 0 Å². The molecule has 0 bridgehead atoms. The molecule has 0 aliphatic carbocycles. The monoisotopic (exact) mass is 264 g/mol. The topological polar surface area (TPSA) is 66.6 Å². The summed E-state index contributed by atoms with van der Waals surface area (Å²) in [6, 6.07) is 4.99. The maximum Gasteiger partial charge on any atom is 0.257 e. The largest absolute Gasteiger partial charge is 0.505 e. The fourth-order valence-corrected chi connectivity index (χ4v) is 2.02. The number of carbonyl (C=O) groups is 1. The predicted octanol–water partition coefficient (Wildman–Crippen LogP) is 3.02. The highest BCUT2D eigenvalue weighted by molar-refractivity contribution is 5.98. The van der Waals surface area contributed by atoms with Crippen molar-refractivity contribution in [1.82, 2.24) is 4.90 Å². The van der Waals surface area contributed by atoms with E-state index in [9.17, 15) is 9.90 Å². The molecule has 4 nitrogen and oxygen atoms in total. The Balaban J connectivity index is 2.90. The molecule has 0 atom stereocenters. The number of nitrogen functional groups attached to an aromatic ring is 1. The first-order valence-corrected chi connectivity index (χ1v) is 6.87. The van der Waals surface area contributed by atoms with E-state index in [1.165, 1.54) is 0 Å². The molecule has 106 valence electrons. The molecule has 0 radical (unpaired) electrons. The Hall–Kier alpha value is -1.71. The third kappa shape index (κ3) is 3.88. The summed E-state index contributed by atoms with van der Waals surface area (Å²) < 4.78 is 0. The molecule has 1 aromatic carbocycles. The number of unbranched alkanes of at least 4 members (excludes halogenated alkanes) is 2. The lowest BCUT2D eigenvalue weighted by atomic mass is 10.1. The van der Waals surface area contributed by atoms with Gasteiger partial charge in [0, 0.05) is 12.6 Å². The van der Waals surface area contributed by atoms with Gasteiger partial charge in [-0.3, -0.25) is 4.79 Å². The van der Waals surface area contributed by atoms with E-state index in [0.717, 1.165) is 19.3 Å². The molecule has 1 aromatic rings. The lowest BCUT2D eigenvalue weighted by Gasteiger charge is -2.27. The summed E-state index contributed by atoms with van der Waals surface area (Å²) in [7, 11) is 0. The summed E-state index contributed by atoms with van der Waals surface area (Å²) in [5.74, 6) is -0.274. The SMILES string of the molecule is CCCCCN(C(=O)c1cccc(N)c1O)C(C)C. The molecule has 0 heterocycles. The van der Waals surface area contributed by atoms with E-state index in [1.54, 1.807) is 23.1 Å². The number of anilines is 1. The zero-order valence-electron chi connectivity index (χ0n) is 12.0.